The Morgan fingerprint density at radius 2 is 1.61 bits per heavy atom. The summed E-state index contributed by atoms with van der Waals surface area (Å²) in [6.07, 6.45) is 4.10. The predicted octanol–water partition coefficient (Wildman–Crippen LogP) is 3.52. The van der Waals surface area contributed by atoms with Crippen molar-refractivity contribution < 1.29 is 12.9 Å². The zero-order chi connectivity index (χ0) is 16.4. The van der Waals surface area contributed by atoms with Crippen LogP contribution in [0.4, 0.5) is 0 Å². The molecule has 0 spiro atoms. The molecule has 5 nitrogen and oxygen atoms in total. The van der Waals surface area contributed by atoms with Crippen LogP contribution >= 0.6 is 0 Å². The van der Waals surface area contributed by atoms with Gasteiger partial charge in [-0.2, -0.15) is 4.31 Å². The molecule has 0 saturated carbocycles. The minimum atomic E-state index is -3.40. The molecule has 0 unspecified atom stereocenters. The van der Waals surface area contributed by atoms with Gasteiger partial charge in [0.25, 0.3) is 0 Å². The van der Waals surface area contributed by atoms with E-state index in [1.54, 1.807) is 16.4 Å². The molecule has 1 aromatic carbocycles. The first-order chi connectivity index (χ1) is 11.0. The average molecular weight is 334 g/mol. The van der Waals surface area contributed by atoms with Gasteiger partial charge in [0.15, 0.2) is 0 Å². The Morgan fingerprint density at radius 3 is 2.13 bits per heavy atom. The van der Waals surface area contributed by atoms with Crippen molar-refractivity contribution in [2.45, 2.75) is 44.4 Å². The van der Waals surface area contributed by atoms with E-state index in [9.17, 15) is 8.42 Å². The summed E-state index contributed by atoms with van der Waals surface area (Å²) < 4.78 is 32.3. The maximum absolute atomic E-state index is 12.8. The van der Waals surface area contributed by atoms with Crippen LogP contribution in [-0.4, -0.2) is 31.0 Å². The Morgan fingerprint density at radius 1 is 1.00 bits per heavy atom. The Bertz CT molecular complexity index is 751. The summed E-state index contributed by atoms with van der Waals surface area (Å²) in [5.41, 5.74) is 2.67. The first kappa shape index (κ1) is 16.2. The van der Waals surface area contributed by atoms with Crippen LogP contribution in [0, 0.1) is 13.8 Å². The molecule has 23 heavy (non-hydrogen) atoms. The van der Waals surface area contributed by atoms with Gasteiger partial charge in [-0.1, -0.05) is 30.1 Å². The number of sulfonamides is 1. The molecule has 0 aliphatic carbocycles. The van der Waals surface area contributed by atoms with E-state index in [1.807, 2.05) is 26.0 Å². The molecule has 2 heterocycles. The Hall–Kier alpha value is -1.66. The molecule has 3 rings (SSSR count). The second-order valence-electron chi connectivity index (χ2n) is 6.04. The van der Waals surface area contributed by atoms with Crippen molar-refractivity contribution in [3.05, 3.63) is 35.7 Å². The number of benzene rings is 1. The summed E-state index contributed by atoms with van der Waals surface area (Å²) in [6.45, 7) is 4.98. The third-order valence-corrected chi connectivity index (χ3v) is 6.29. The quantitative estimate of drug-likeness (QED) is 0.861. The number of aromatic nitrogens is 1. The monoisotopic (exact) mass is 334 g/mol. The van der Waals surface area contributed by atoms with E-state index < -0.39 is 10.0 Å². The molecule has 1 aliphatic heterocycles. The smallest absolute Gasteiger partial charge is 0.243 e. The van der Waals surface area contributed by atoms with Crippen LogP contribution in [0.5, 0.6) is 0 Å². The maximum Gasteiger partial charge on any atom is 0.243 e. The van der Waals surface area contributed by atoms with Crippen molar-refractivity contribution in [2.24, 2.45) is 0 Å². The van der Waals surface area contributed by atoms with Gasteiger partial charge in [-0.15, -0.1) is 0 Å². The molecule has 0 bridgehead atoms. The highest BCUT2D eigenvalue weighted by molar-refractivity contribution is 7.89. The number of hydrogen-bond donors (Lipinski definition) is 0. The lowest BCUT2D eigenvalue weighted by molar-refractivity contribution is 0.393. The average Bonchev–Trinajstić information content (AvgIpc) is 2.75. The molecular weight excluding hydrogens is 312 g/mol. The van der Waals surface area contributed by atoms with Crippen LogP contribution in [0.2, 0.25) is 0 Å². The number of hydrogen-bond acceptors (Lipinski definition) is 4. The van der Waals surface area contributed by atoms with E-state index >= 15 is 0 Å². The van der Waals surface area contributed by atoms with Gasteiger partial charge in [0, 0.05) is 18.7 Å². The van der Waals surface area contributed by atoms with Crippen molar-refractivity contribution in [3.8, 4) is 11.1 Å². The molecule has 1 fully saturated rings. The summed E-state index contributed by atoms with van der Waals surface area (Å²) in [6, 6.07) is 7.03. The number of nitrogens with zero attached hydrogens (tertiary/aromatic N) is 2. The van der Waals surface area contributed by atoms with Crippen LogP contribution < -0.4 is 0 Å². The van der Waals surface area contributed by atoms with Crippen molar-refractivity contribution in [1.82, 2.24) is 9.46 Å². The van der Waals surface area contributed by atoms with Crippen LogP contribution in [0.1, 0.15) is 37.1 Å². The van der Waals surface area contributed by atoms with Gasteiger partial charge in [-0.3, -0.25) is 0 Å². The lowest BCUT2D eigenvalue weighted by Gasteiger charge is -2.20. The maximum atomic E-state index is 12.8. The van der Waals surface area contributed by atoms with Crippen LogP contribution in [0.25, 0.3) is 11.1 Å². The Labute approximate surface area is 137 Å². The summed E-state index contributed by atoms with van der Waals surface area (Å²) >= 11 is 0. The van der Waals surface area contributed by atoms with Gasteiger partial charge >= 0.3 is 0 Å². The Kier molecular flexibility index (Phi) is 4.55. The topological polar surface area (TPSA) is 63.4 Å². The summed E-state index contributed by atoms with van der Waals surface area (Å²) in [4.78, 5) is 0.356. The largest absolute Gasteiger partial charge is 0.361 e. The van der Waals surface area contributed by atoms with Crippen LogP contribution in [0.15, 0.2) is 33.7 Å². The van der Waals surface area contributed by atoms with E-state index in [0.717, 1.165) is 48.3 Å². The van der Waals surface area contributed by atoms with E-state index in [0.29, 0.717) is 18.0 Å². The third-order valence-electron chi connectivity index (χ3n) is 4.38. The Balaban J connectivity index is 1.89. The normalized spacial score (nSPS) is 17.1. The molecule has 2 aromatic rings. The molecule has 1 aliphatic rings. The highest BCUT2D eigenvalue weighted by atomic mass is 32.2. The second-order valence-corrected chi connectivity index (χ2v) is 7.98. The first-order valence-corrected chi connectivity index (χ1v) is 9.47. The third kappa shape index (κ3) is 3.19. The fraction of sp³-hybridized carbons (Fsp3) is 0.471. The molecule has 6 heteroatoms. The minimum absolute atomic E-state index is 0.356. The standard InChI is InChI=1S/C17H22N2O3S/c1-13-17(14(2)22-18-13)15-7-9-16(10-8-15)23(20,21)19-11-5-3-4-6-12-19/h7-10H,3-6,11-12H2,1-2H3. The van der Waals surface area contributed by atoms with Crippen LogP contribution in [-0.2, 0) is 10.0 Å². The zero-order valence-electron chi connectivity index (χ0n) is 13.6. The van der Waals surface area contributed by atoms with Crippen molar-refractivity contribution >= 4 is 10.0 Å². The highest BCUT2D eigenvalue weighted by Crippen LogP contribution is 2.28. The molecule has 1 saturated heterocycles. The van der Waals surface area contributed by atoms with Gasteiger partial charge in [0.05, 0.1) is 10.6 Å². The molecule has 1 aromatic heterocycles. The SMILES string of the molecule is Cc1noc(C)c1-c1ccc(S(=O)(=O)N2CCCCCC2)cc1. The van der Waals surface area contributed by atoms with Gasteiger partial charge in [-0.05, 0) is 44.4 Å². The number of rotatable bonds is 3. The molecule has 0 atom stereocenters. The zero-order valence-corrected chi connectivity index (χ0v) is 14.4. The highest BCUT2D eigenvalue weighted by Gasteiger charge is 2.25. The fourth-order valence-electron chi connectivity index (χ4n) is 3.12. The van der Waals surface area contributed by atoms with Crippen molar-refractivity contribution in [1.29, 1.82) is 0 Å². The van der Waals surface area contributed by atoms with Gasteiger partial charge in [-0.25, -0.2) is 8.42 Å². The van der Waals surface area contributed by atoms with Crippen molar-refractivity contribution in [3.63, 3.8) is 0 Å². The summed E-state index contributed by atoms with van der Waals surface area (Å²) in [7, 11) is -3.40. The van der Waals surface area contributed by atoms with Crippen molar-refractivity contribution in [2.75, 3.05) is 13.1 Å². The summed E-state index contributed by atoms with van der Waals surface area (Å²) in [5, 5.41) is 3.95. The predicted molar refractivity (Wildman–Crippen MR) is 88.6 cm³/mol. The van der Waals surface area contributed by atoms with Gasteiger partial charge in [0.2, 0.25) is 10.0 Å². The summed E-state index contributed by atoms with van der Waals surface area (Å²) in [5.74, 6) is 0.741. The fourth-order valence-corrected chi connectivity index (χ4v) is 4.64. The van der Waals surface area contributed by atoms with Crippen LogP contribution in [0.3, 0.4) is 0 Å². The molecule has 0 radical (unpaired) electrons. The second kappa shape index (κ2) is 6.45. The lowest BCUT2D eigenvalue weighted by Crippen LogP contribution is -2.31. The molecule has 0 amide bonds. The minimum Gasteiger partial charge on any atom is -0.361 e. The molecule has 0 N–H and O–H groups in total. The van der Waals surface area contributed by atoms with E-state index in [2.05, 4.69) is 5.16 Å². The molecule has 124 valence electrons. The lowest BCUT2D eigenvalue weighted by atomic mass is 10.0. The van der Waals surface area contributed by atoms with E-state index in [-0.39, 0.29) is 0 Å². The molecular formula is C17H22N2O3S. The van der Waals surface area contributed by atoms with Gasteiger partial charge < -0.3 is 4.52 Å². The van der Waals surface area contributed by atoms with E-state index in [4.69, 9.17) is 4.52 Å². The number of aryl methyl sites for hydroxylation is 2. The van der Waals surface area contributed by atoms with E-state index in [1.165, 1.54) is 0 Å². The van der Waals surface area contributed by atoms with Gasteiger partial charge in [0.1, 0.15) is 5.76 Å². The first-order valence-electron chi connectivity index (χ1n) is 8.03.